The molecule has 3 nitrogen and oxygen atoms in total. The molecule has 0 aromatic heterocycles. The zero-order valence-corrected chi connectivity index (χ0v) is 12.8. The van der Waals surface area contributed by atoms with Crippen molar-refractivity contribution in [2.24, 2.45) is 0 Å². The normalized spacial score (nSPS) is 11.2. The number of carbonyl (C=O) groups excluding carboxylic acids is 1. The van der Waals surface area contributed by atoms with Crippen molar-refractivity contribution in [1.29, 1.82) is 0 Å². The lowest BCUT2D eigenvalue weighted by Crippen LogP contribution is -2.49. The maximum absolute atomic E-state index is 12.3. The van der Waals surface area contributed by atoms with Crippen molar-refractivity contribution in [2.45, 2.75) is 39.2 Å². The summed E-state index contributed by atoms with van der Waals surface area (Å²) in [5, 5.41) is 3.04. The van der Waals surface area contributed by atoms with Crippen LogP contribution in [0.2, 0.25) is 0 Å². The molecular formula is C15H22ClNO2. The zero-order chi connectivity index (χ0) is 14.5. The van der Waals surface area contributed by atoms with Gasteiger partial charge in [-0.05, 0) is 37.5 Å². The van der Waals surface area contributed by atoms with Crippen molar-refractivity contribution in [3.8, 4) is 5.75 Å². The molecule has 0 bridgehead atoms. The molecule has 19 heavy (non-hydrogen) atoms. The van der Waals surface area contributed by atoms with Crippen molar-refractivity contribution < 1.29 is 9.53 Å². The third-order valence-corrected chi connectivity index (χ3v) is 4.17. The Balaban J connectivity index is 2.94. The van der Waals surface area contributed by atoms with Gasteiger partial charge in [0.15, 0.2) is 0 Å². The van der Waals surface area contributed by atoms with E-state index in [0.717, 1.165) is 24.2 Å². The molecule has 1 N–H and O–H groups in total. The van der Waals surface area contributed by atoms with Gasteiger partial charge in [-0.25, -0.2) is 0 Å². The number of amides is 1. The van der Waals surface area contributed by atoms with E-state index in [9.17, 15) is 4.79 Å². The Hall–Kier alpha value is -1.22. The van der Waals surface area contributed by atoms with E-state index in [-0.39, 0.29) is 11.4 Å². The molecule has 0 aliphatic heterocycles. The van der Waals surface area contributed by atoms with Crippen LogP contribution >= 0.6 is 11.6 Å². The van der Waals surface area contributed by atoms with Gasteiger partial charge in [-0.2, -0.15) is 0 Å². The van der Waals surface area contributed by atoms with Gasteiger partial charge in [-0.3, -0.25) is 4.79 Å². The molecule has 0 saturated heterocycles. The first-order valence-corrected chi connectivity index (χ1v) is 7.08. The number of alkyl halides is 1. The third-order valence-electron chi connectivity index (χ3n) is 3.66. The van der Waals surface area contributed by atoms with Gasteiger partial charge in [-0.15, -0.1) is 11.6 Å². The summed E-state index contributed by atoms with van der Waals surface area (Å²) in [4.78, 5) is 12.3. The van der Waals surface area contributed by atoms with Crippen molar-refractivity contribution in [3.63, 3.8) is 0 Å². The molecule has 0 aliphatic carbocycles. The second kappa shape index (κ2) is 6.80. The Kier molecular flexibility index (Phi) is 5.67. The van der Waals surface area contributed by atoms with Gasteiger partial charge < -0.3 is 10.1 Å². The van der Waals surface area contributed by atoms with Crippen LogP contribution in [0.5, 0.6) is 5.75 Å². The Bertz CT molecular complexity index is 434. The van der Waals surface area contributed by atoms with E-state index >= 15 is 0 Å². The van der Waals surface area contributed by atoms with Crippen molar-refractivity contribution >= 4 is 17.5 Å². The number of halogens is 1. The topological polar surface area (TPSA) is 38.3 Å². The SMILES string of the molecule is CCC(CC)(CCl)NC(=O)c1ccc(C)c(OC)c1. The van der Waals surface area contributed by atoms with Gasteiger partial charge in [0.25, 0.3) is 5.91 Å². The average molecular weight is 284 g/mol. The Morgan fingerprint density at radius 3 is 2.47 bits per heavy atom. The first-order valence-electron chi connectivity index (χ1n) is 6.55. The van der Waals surface area contributed by atoms with Crippen LogP contribution in [-0.4, -0.2) is 24.4 Å². The first-order chi connectivity index (χ1) is 9.01. The van der Waals surface area contributed by atoms with Crippen LogP contribution in [0.25, 0.3) is 0 Å². The maximum atomic E-state index is 12.3. The highest BCUT2D eigenvalue weighted by Crippen LogP contribution is 2.21. The number of rotatable bonds is 6. The standard InChI is InChI=1S/C15H22ClNO2/c1-5-15(6-2,10-16)17-14(18)12-8-7-11(3)13(9-12)19-4/h7-9H,5-6,10H2,1-4H3,(H,17,18). The monoisotopic (exact) mass is 283 g/mol. The number of hydrogen-bond donors (Lipinski definition) is 1. The van der Waals surface area contributed by atoms with E-state index in [1.54, 1.807) is 19.2 Å². The number of carbonyl (C=O) groups is 1. The molecule has 0 aliphatic rings. The summed E-state index contributed by atoms with van der Waals surface area (Å²) < 4.78 is 5.24. The highest BCUT2D eigenvalue weighted by Gasteiger charge is 2.27. The fraction of sp³-hybridized carbons (Fsp3) is 0.533. The van der Waals surface area contributed by atoms with E-state index in [1.807, 2.05) is 26.8 Å². The summed E-state index contributed by atoms with van der Waals surface area (Å²) >= 11 is 6.00. The van der Waals surface area contributed by atoms with E-state index in [1.165, 1.54) is 0 Å². The minimum atomic E-state index is -0.337. The molecule has 1 rings (SSSR count). The van der Waals surface area contributed by atoms with Crippen molar-refractivity contribution in [3.05, 3.63) is 29.3 Å². The number of nitrogens with one attached hydrogen (secondary N) is 1. The summed E-state index contributed by atoms with van der Waals surface area (Å²) in [6.45, 7) is 6.01. The Labute approximate surface area is 120 Å². The molecule has 0 fully saturated rings. The molecule has 1 amide bonds. The minimum Gasteiger partial charge on any atom is -0.496 e. The second-order valence-electron chi connectivity index (χ2n) is 4.76. The highest BCUT2D eigenvalue weighted by molar-refractivity contribution is 6.19. The molecule has 0 saturated carbocycles. The van der Waals surface area contributed by atoms with Crippen LogP contribution in [0.15, 0.2) is 18.2 Å². The zero-order valence-electron chi connectivity index (χ0n) is 12.0. The molecule has 0 atom stereocenters. The Morgan fingerprint density at radius 2 is 2.00 bits per heavy atom. The van der Waals surface area contributed by atoms with Gasteiger partial charge >= 0.3 is 0 Å². The summed E-state index contributed by atoms with van der Waals surface area (Å²) in [6, 6.07) is 5.44. The van der Waals surface area contributed by atoms with Gasteiger partial charge in [0, 0.05) is 11.4 Å². The number of ether oxygens (including phenoxy) is 1. The molecule has 4 heteroatoms. The summed E-state index contributed by atoms with van der Waals surface area (Å²) in [5.74, 6) is 1.02. The smallest absolute Gasteiger partial charge is 0.251 e. The minimum absolute atomic E-state index is 0.109. The predicted molar refractivity (Wildman–Crippen MR) is 79.2 cm³/mol. The number of hydrogen-bond acceptors (Lipinski definition) is 2. The van der Waals surface area contributed by atoms with Gasteiger partial charge in [0.05, 0.1) is 12.6 Å². The fourth-order valence-corrected chi connectivity index (χ4v) is 2.37. The van der Waals surface area contributed by atoms with Crippen LogP contribution < -0.4 is 10.1 Å². The maximum Gasteiger partial charge on any atom is 0.251 e. The number of methoxy groups -OCH3 is 1. The van der Waals surface area contributed by atoms with Gasteiger partial charge in [0.2, 0.25) is 0 Å². The van der Waals surface area contributed by atoms with Crippen molar-refractivity contribution in [2.75, 3.05) is 13.0 Å². The van der Waals surface area contributed by atoms with Gasteiger partial charge in [0.1, 0.15) is 5.75 Å². The lowest BCUT2D eigenvalue weighted by molar-refractivity contribution is 0.0902. The molecular weight excluding hydrogens is 262 g/mol. The number of benzene rings is 1. The van der Waals surface area contributed by atoms with Crippen LogP contribution in [0.3, 0.4) is 0 Å². The lowest BCUT2D eigenvalue weighted by atomic mass is 9.94. The number of aryl methyl sites for hydroxylation is 1. The second-order valence-corrected chi connectivity index (χ2v) is 5.03. The average Bonchev–Trinajstić information content (AvgIpc) is 2.45. The third kappa shape index (κ3) is 3.63. The molecule has 1 aromatic carbocycles. The summed E-state index contributed by atoms with van der Waals surface area (Å²) in [5.41, 5.74) is 1.27. The van der Waals surface area contributed by atoms with Crippen LogP contribution in [0, 0.1) is 6.92 Å². The van der Waals surface area contributed by atoms with E-state index in [2.05, 4.69) is 5.32 Å². The van der Waals surface area contributed by atoms with Crippen molar-refractivity contribution in [1.82, 2.24) is 5.32 Å². The highest BCUT2D eigenvalue weighted by atomic mass is 35.5. The van der Waals surface area contributed by atoms with E-state index < -0.39 is 0 Å². The fourth-order valence-electron chi connectivity index (χ4n) is 1.92. The molecule has 1 aromatic rings. The summed E-state index contributed by atoms with van der Waals surface area (Å²) in [7, 11) is 1.60. The molecule has 0 radical (unpaired) electrons. The summed E-state index contributed by atoms with van der Waals surface area (Å²) in [6.07, 6.45) is 1.61. The molecule has 0 spiro atoms. The quantitative estimate of drug-likeness (QED) is 0.811. The molecule has 0 unspecified atom stereocenters. The van der Waals surface area contributed by atoms with Crippen LogP contribution in [-0.2, 0) is 0 Å². The lowest BCUT2D eigenvalue weighted by Gasteiger charge is -2.30. The van der Waals surface area contributed by atoms with E-state index in [0.29, 0.717) is 11.4 Å². The van der Waals surface area contributed by atoms with Crippen LogP contribution in [0.4, 0.5) is 0 Å². The van der Waals surface area contributed by atoms with E-state index in [4.69, 9.17) is 16.3 Å². The predicted octanol–water partition coefficient (Wildman–Crippen LogP) is 3.53. The molecule has 0 heterocycles. The molecule has 106 valence electrons. The Morgan fingerprint density at radius 1 is 1.37 bits per heavy atom. The largest absolute Gasteiger partial charge is 0.496 e. The van der Waals surface area contributed by atoms with Crippen LogP contribution in [0.1, 0.15) is 42.6 Å². The van der Waals surface area contributed by atoms with Gasteiger partial charge in [-0.1, -0.05) is 19.9 Å². The first kappa shape index (κ1) is 15.8.